The number of carbonyl (C=O) groups is 3. The Hall–Kier alpha value is -3.55. The molecule has 2 aromatic carbocycles. The number of hydrogen-bond acceptors (Lipinski definition) is 6. The van der Waals surface area contributed by atoms with Gasteiger partial charge in [0.25, 0.3) is 5.91 Å². The van der Waals surface area contributed by atoms with Gasteiger partial charge in [0, 0.05) is 18.0 Å². The van der Waals surface area contributed by atoms with E-state index in [9.17, 15) is 14.4 Å². The number of rotatable bonds is 10. The first-order valence-corrected chi connectivity index (χ1v) is 9.82. The van der Waals surface area contributed by atoms with Crippen molar-refractivity contribution < 1.29 is 28.6 Å². The molecule has 2 atom stereocenters. The van der Waals surface area contributed by atoms with Gasteiger partial charge in [0.1, 0.15) is 0 Å². The van der Waals surface area contributed by atoms with Gasteiger partial charge in [-0.25, -0.2) is 0 Å². The van der Waals surface area contributed by atoms with Gasteiger partial charge in [-0.1, -0.05) is 24.3 Å². The SMILES string of the molecule is COC(=O)CC(NC(=O)CC(C)NC(=O)c1ccccc1)c1ccc(OC)c(OC)c1. The lowest BCUT2D eigenvalue weighted by Gasteiger charge is -2.21. The predicted octanol–water partition coefficient (Wildman–Crippen LogP) is 2.63. The molecule has 0 heterocycles. The molecule has 0 fully saturated rings. The highest BCUT2D eigenvalue weighted by atomic mass is 16.5. The molecule has 0 aliphatic heterocycles. The van der Waals surface area contributed by atoms with E-state index in [-0.39, 0.29) is 24.7 Å². The largest absolute Gasteiger partial charge is 0.493 e. The number of carbonyl (C=O) groups excluding carboxylic acids is 3. The van der Waals surface area contributed by atoms with Crippen LogP contribution in [0.3, 0.4) is 0 Å². The minimum absolute atomic E-state index is 0.0452. The fourth-order valence-electron chi connectivity index (χ4n) is 3.05. The molecule has 2 unspecified atom stereocenters. The standard InChI is InChI=1S/C23H28N2O6/c1-15(24-23(28)16-8-6-5-7-9-16)12-21(26)25-18(14-22(27)31-4)17-10-11-19(29-2)20(13-17)30-3/h5-11,13,15,18H,12,14H2,1-4H3,(H,24,28)(H,25,26). The summed E-state index contributed by atoms with van der Waals surface area (Å²) >= 11 is 0. The highest BCUT2D eigenvalue weighted by molar-refractivity contribution is 5.94. The van der Waals surface area contributed by atoms with E-state index < -0.39 is 18.1 Å². The van der Waals surface area contributed by atoms with Gasteiger partial charge in [-0.15, -0.1) is 0 Å². The Kier molecular flexibility index (Phi) is 8.87. The van der Waals surface area contributed by atoms with Crippen molar-refractivity contribution in [3.63, 3.8) is 0 Å². The van der Waals surface area contributed by atoms with Gasteiger partial charge in [-0.05, 0) is 36.8 Å². The highest BCUT2D eigenvalue weighted by Crippen LogP contribution is 2.31. The molecular formula is C23H28N2O6. The number of benzene rings is 2. The molecule has 2 N–H and O–H groups in total. The van der Waals surface area contributed by atoms with Gasteiger partial charge in [0.2, 0.25) is 5.91 Å². The van der Waals surface area contributed by atoms with E-state index in [0.717, 1.165) is 0 Å². The minimum Gasteiger partial charge on any atom is -0.493 e. The first-order valence-electron chi connectivity index (χ1n) is 9.82. The lowest BCUT2D eigenvalue weighted by Crippen LogP contribution is -2.38. The maximum Gasteiger partial charge on any atom is 0.307 e. The second-order valence-corrected chi connectivity index (χ2v) is 6.96. The molecule has 2 rings (SSSR count). The zero-order valence-electron chi connectivity index (χ0n) is 18.1. The number of nitrogens with one attached hydrogen (secondary N) is 2. The quantitative estimate of drug-likeness (QED) is 0.564. The molecule has 0 bridgehead atoms. The molecule has 0 radical (unpaired) electrons. The molecule has 0 spiro atoms. The number of methoxy groups -OCH3 is 3. The van der Waals surface area contributed by atoms with Crippen molar-refractivity contribution in [1.29, 1.82) is 0 Å². The molecule has 0 aliphatic rings. The van der Waals surface area contributed by atoms with E-state index >= 15 is 0 Å². The molecule has 166 valence electrons. The molecule has 8 nitrogen and oxygen atoms in total. The van der Waals surface area contributed by atoms with E-state index in [2.05, 4.69) is 10.6 Å². The maximum atomic E-state index is 12.6. The van der Waals surface area contributed by atoms with Crippen molar-refractivity contribution >= 4 is 17.8 Å². The molecule has 0 aliphatic carbocycles. The van der Waals surface area contributed by atoms with Crippen LogP contribution in [0.25, 0.3) is 0 Å². The molecule has 0 aromatic heterocycles. The smallest absolute Gasteiger partial charge is 0.307 e. The zero-order valence-corrected chi connectivity index (χ0v) is 18.1. The van der Waals surface area contributed by atoms with Crippen LogP contribution in [-0.2, 0) is 14.3 Å². The van der Waals surface area contributed by atoms with Crippen molar-refractivity contribution in [3.05, 3.63) is 59.7 Å². The summed E-state index contributed by atoms with van der Waals surface area (Å²) < 4.78 is 15.3. The van der Waals surface area contributed by atoms with Gasteiger partial charge in [-0.2, -0.15) is 0 Å². The fourth-order valence-corrected chi connectivity index (χ4v) is 3.05. The summed E-state index contributed by atoms with van der Waals surface area (Å²) in [7, 11) is 4.32. The maximum absolute atomic E-state index is 12.6. The first-order chi connectivity index (χ1) is 14.9. The van der Waals surface area contributed by atoms with Crippen molar-refractivity contribution in [1.82, 2.24) is 10.6 Å². The van der Waals surface area contributed by atoms with E-state index in [1.165, 1.54) is 21.3 Å². The van der Waals surface area contributed by atoms with Crippen molar-refractivity contribution in [2.45, 2.75) is 31.8 Å². The first kappa shape index (κ1) is 23.7. The summed E-state index contributed by atoms with van der Waals surface area (Å²) in [6.07, 6.45) is -0.00792. The van der Waals surface area contributed by atoms with Gasteiger partial charge < -0.3 is 24.8 Å². The van der Waals surface area contributed by atoms with Gasteiger partial charge in [0.05, 0.1) is 33.8 Å². The fraction of sp³-hybridized carbons (Fsp3) is 0.348. The summed E-state index contributed by atoms with van der Waals surface area (Å²) in [5, 5.41) is 5.64. The van der Waals surface area contributed by atoms with E-state index in [1.54, 1.807) is 49.4 Å². The number of amides is 2. The van der Waals surface area contributed by atoms with Gasteiger partial charge in [0.15, 0.2) is 11.5 Å². The lowest BCUT2D eigenvalue weighted by molar-refractivity contribution is -0.141. The summed E-state index contributed by atoms with van der Waals surface area (Å²) in [5.74, 6) is -0.0267. The predicted molar refractivity (Wildman–Crippen MR) is 115 cm³/mol. The molecular weight excluding hydrogens is 400 g/mol. The summed E-state index contributed by atoms with van der Waals surface area (Å²) in [4.78, 5) is 36.8. The highest BCUT2D eigenvalue weighted by Gasteiger charge is 2.22. The Balaban J connectivity index is 2.07. The minimum atomic E-state index is -0.628. The van der Waals surface area contributed by atoms with Gasteiger partial charge >= 0.3 is 5.97 Å². The Morgan fingerprint density at radius 2 is 1.55 bits per heavy atom. The summed E-state index contributed by atoms with van der Waals surface area (Å²) in [6, 6.07) is 12.9. The van der Waals surface area contributed by atoms with E-state index in [0.29, 0.717) is 22.6 Å². The van der Waals surface area contributed by atoms with E-state index in [4.69, 9.17) is 14.2 Å². The lowest BCUT2D eigenvalue weighted by atomic mass is 10.0. The second kappa shape index (κ2) is 11.6. The number of esters is 1. The van der Waals surface area contributed by atoms with Crippen LogP contribution in [-0.4, -0.2) is 45.2 Å². The van der Waals surface area contributed by atoms with Crippen LogP contribution in [0.4, 0.5) is 0 Å². The van der Waals surface area contributed by atoms with Crippen molar-refractivity contribution in [2.24, 2.45) is 0 Å². The molecule has 2 amide bonds. The Morgan fingerprint density at radius 1 is 0.871 bits per heavy atom. The van der Waals surface area contributed by atoms with Crippen LogP contribution in [0, 0.1) is 0 Å². The topological polar surface area (TPSA) is 103 Å². The molecule has 8 heteroatoms. The van der Waals surface area contributed by atoms with E-state index in [1.807, 2.05) is 6.07 Å². The van der Waals surface area contributed by atoms with Crippen LogP contribution < -0.4 is 20.1 Å². The number of hydrogen-bond donors (Lipinski definition) is 2. The third kappa shape index (κ3) is 7.02. The second-order valence-electron chi connectivity index (χ2n) is 6.96. The molecule has 0 saturated carbocycles. The third-order valence-corrected chi connectivity index (χ3v) is 4.65. The van der Waals surface area contributed by atoms with Crippen molar-refractivity contribution in [2.75, 3.05) is 21.3 Å². The molecule has 0 saturated heterocycles. The van der Waals surface area contributed by atoms with Crippen LogP contribution in [0.1, 0.15) is 41.7 Å². The summed E-state index contributed by atoms with van der Waals surface area (Å²) in [6.45, 7) is 1.74. The normalized spacial score (nSPS) is 12.3. The zero-order chi connectivity index (χ0) is 22.8. The molecule has 31 heavy (non-hydrogen) atoms. The molecule has 2 aromatic rings. The van der Waals surface area contributed by atoms with Crippen LogP contribution in [0.5, 0.6) is 11.5 Å². The van der Waals surface area contributed by atoms with Gasteiger partial charge in [-0.3, -0.25) is 14.4 Å². The Labute approximate surface area is 181 Å². The number of ether oxygens (including phenoxy) is 3. The van der Waals surface area contributed by atoms with Crippen molar-refractivity contribution in [3.8, 4) is 11.5 Å². The third-order valence-electron chi connectivity index (χ3n) is 4.65. The van der Waals surface area contributed by atoms with Crippen LogP contribution in [0.15, 0.2) is 48.5 Å². The monoisotopic (exact) mass is 428 g/mol. The van der Waals surface area contributed by atoms with Crippen LogP contribution in [0.2, 0.25) is 0 Å². The average Bonchev–Trinajstić information content (AvgIpc) is 2.78. The average molecular weight is 428 g/mol. The Bertz CT molecular complexity index is 900. The summed E-state index contributed by atoms with van der Waals surface area (Å²) in [5.41, 5.74) is 1.18. The van der Waals surface area contributed by atoms with Crippen LogP contribution >= 0.6 is 0 Å². The Morgan fingerprint density at radius 3 is 2.16 bits per heavy atom.